The van der Waals surface area contributed by atoms with Crippen molar-refractivity contribution in [3.05, 3.63) is 72.9 Å². The van der Waals surface area contributed by atoms with Crippen LogP contribution >= 0.6 is 7.82 Å². The van der Waals surface area contributed by atoms with Crippen LogP contribution < -0.4 is 0 Å². The highest BCUT2D eigenvalue weighted by molar-refractivity contribution is 7.46. The Balaban J connectivity index is 4.10. The molecule has 0 aliphatic rings. The molecule has 1 atom stereocenters. The first kappa shape index (κ1) is 47.5. The third kappa shape index (κ3) is 38.3. The Kier molecular flexibility index (Phi) is 34.5. The maximum atomic E-state index is 12.4. The van der Waals surface area contributed by atoms with E-state index in [1.165, 1.54) is 51.4 Å². The van der Waals surface area contributed by atoms with Crippen molar-refractivity contribution in [2.24, 2.45) is 0 Å². The second-order valence-corrected chi connectivity index (χ2v) is 13.8. The minimum absolute atomic E-state index is 0.176. The van der Waals surface area contributed by atoms with E-state index < -0.39 is 32.5 Å². The Morgan fingerprint density at radius 3 is 1.52 bits per heavy atom. The molecule has 0 unspecified atom stereocenters. The Morgan fingerprint density at radius 2 is 0.980 bits per heavy atom. The van der Waals surface area contributed by atoms with Crippen LogP contribution in [0.15, 0.2) is 72.9 Å². The molecular formula is C41H69O8P. The van der Waals surface area contributed by atoms with Crippen LogP contribution in [0.1, 0.15) is 155 Å². The lowest BCUT2D eigenvalue weighted by Gasteiger charge is -2.18. The maximum Gasteiger partial charge on any atom is 0.469 e. The number of esters is 2. The smallest absolute Gasteiger partial charge is 0.462 e. The Bertz CT molecular complexity index is 1040. The fraction of sp³-hybridized carbons (Fsp3) is 0.659. The highest BCUT2D eigenvalue weighted by Gasteiger charge is 2.22. The van der Waals surface area contributed by atoms with Crippen LogP contribution in [-0.4, -0.2) is 41.0 Å². The van der Waals surface area contributed by atoms with Crippen LogP contribution in [0.3, 0.4) is 0 Å². The first-order valence-electron chi connectivity index (χ1n) is 19.2. The van der Waals surface area contributed by atoms with Gasteiger partial charge in [0.1, 0.15) is 6.61 Å². The minimum atomic E-state index is -4.77. The van der Waals surface area contributed by atoms with Crippen molar-refractivity contribution in [1.29, 1.82) is 0 Å². The Labute approximate surface area is 304 Å². The Hall–Kier alpha value is -2.51. The van der Waals surface area contributed by atoms with E-state index in [-0.39, 0.29) is 19.4 Å². The van der Waals surface area contributed by atoms with Gasteiger partial charge in [-0.2, -0.15) is 0 Å². The molecule has 50 heavy (non-hydrogen) atoms. The van der Waals surface area contributed by atoms with E-state index in [1.54, 1.807) is 0 Å². The van der Waals surface area contributed by atoms with E-state index in [4.69, 9.17) is 19.3 Å². The lowest BCUT2D eigenvalue weighted by atomic mass is 10.1. The van der Waals surface area contributed by atoms with E-state index in [1.807, 2.05) is 6.08 Å². The number of unbranched alkanes of at least 4 members (excludes halogenated alkanes) is 12. The van der Waals surface area contributed by atoms with Gasteiger partial charge in [-0.15, -0.1) is 0 Å². The zero-order valence-corrected chi connectivity index (χ0v) is 32.2. The predicted octanol–water partition coefficient (Wildman–Crippen LogP) is 11.5. The van der Waals surface area contributed by atoms with Crippen LogP contribution in [0, 0.1) is 0 Å². The summed E-state index contributed by atoms with van der Waals surface area (Å²) in [6.07, 6.45) is 46.3. The second-order valence-electron chi connectivity index (χ2n) is 12.5. The number of allylic oxidation sites excluding steroid dienone is 12. The first-order chi connectivity index (χ1) is 24.3. The molecule has 0 aliphatic heterocycles. The molecule has 8 nitrogen and oxygen atoms in total. The largest absolute Gasteiger partial charge is 0.469 e. The van der Waals surface area contributed by atoms with Gasteiger partial charge in [0, 0.05) is 12.8 Å². The van der Waals surface area contributed by atoms with Gasteiger partial charge < -0.3 is 19.3 Å². The summed E-state index contributed by atoms with van der Waals surface area (Å²) in [7, 11) is -4.77. The van der Waals surface area contributed by atoms with Crippen LogP contribution in [0.2, 0.25) is 0 Å². The van der Waals surface area contributed by atoms with Crippen molar-refractivity contribution in [2.75, 3.05) is 13.2 Å². The number of phosphoric acid groups is 1. The van der Waals surface area contributed by atoms with Gasteiger partial charge in [0.25, 0.3) is 0 Å². The third-order valence-corrected chi connectivity index (χ3v) is 8.19. The van der Waals surface area contributed by atoms with E-state index in [2.05, 4.69) is 85.2 Å². The van der Waals surface area contributed by atoms with E-state index >= 15 is 0 Å². The molecule has 0 bridgehead atoms. The minimum Gasteiger partial charge on any atom is -0.462 e. The van der Waals surface area contributed by atoms with Gasteiger partial charge in [-0.1, -0.05) is 138 Å². The van der Waals surface area contributed by atoms with Crippen molar-refractivity contribution >= 4 is 19.8 Å². The standard InChI is InChI=1S/C41H69O8P/c1-3-5-7-9-11-13-15-17-19-20-22-23-25-27-29-31-33-35-40(42)47-37-39(38-48-50(44,45)46)49-41(43)36-34-32-30-28-26-24-21-18-16-14-12-10-8-6-4-2/h5,7,11,13,17,19,22-24,26-27,29,39H,3-4,6,8-10,12,14-16,18,20-21,25,28,30-38H2,1-2H3,(H2,44,45,46)/b7-5+,13-11+,19-17+,23-22+,26-24+,29-27+/t39-/m1/s1. The van der Waals surface area contributed by atoms with Crippen molar-refractivity contribution < 1.29 is 37.9 Å². The van der Waals surface area contributed by atoms with Crippen LogP contribution in [0.4, 0.5) is 0 Å². The highest BCUT2D eigenvalue weighted by Crippen LogP contribution is 2.36. The van der Waals surface area contributed by atoms with Gasteiger partial charge in [-0.25, -0.2) is 4.57 Å². The summed E-state index contributed by atoms with van der Waals surface area (Å²) in [5.41, 5.74) is 0. The van der Waals surface area contributed by atoms with Crippen LogP contribution in [0.25, 0.3) is 0 Å². The fourth-order valence-electron chi connectivity index (χ4n) is 4.87. The molecule has 0 radical (unpaired) electrons. The molecule has 0 saturated heterocycles. The molecule has 0 aliphatic carbocycles. The molecule has 0 aromatic carbocycles. The van der Waals surface area contributed by atoms with Gasteiger partial charge >= 0.3 is 19.8 Å². The number of carbonyl (C=O) groups is 2. The lowest BCUT2D eigenvalue weighted by Crippen LogP contribution is -2.29. The molecule has 0 spiro atoms. The molecule has 0 amide bonds. The average Bonchev–Trinajstić information content (AvgIpc) is 3.08. The molecule has 0 aromatic rings. The van der Waals surface area contributed by atoms with Gasteiger partial charge in [-0.05, 0) is 77.0 Å². The second kappa shape index (κ2) is 36.3. The SMILES string of the molecule is CC/C=C/C/C=C/C/C=C/C/C=C/C/C=C/CCCC(=O)OC[C@H](COP(=O)(O)O)OC(=O)CCCCC/C=C/CCCCCCCCCC. The summed E-state index contributed by atoms with van der Waals surface area (Å²) >= 11 is 0. The number of hydrogen-bond donors (Lipinski definition) is 2. The first-order valence-corrected chi connectivity index (χ1v) is 20.8. The third-order valence-electron chi connectivity index (χ3n) is 7.71. The Morgan fingerprint density at radius 1 is 0.540 bits per heavy atom. The number of carbonyl (C=O) groups excluding carboxylic acids is 2. The normalized spacial score (nSPS) is 13.3. The molecule has 0 heterocycles. The molecule has 0 aromatic heterocycles. The predicted molar refractivity (Wildman–Crippen MR) is 207 cm³/mol. The molecule has 0 saturated carbocycles. The molecule has 286 valence electrons. The van der Waals surface area contributed by atoms with Crippen molar-refractivity contribution in [2.45, 2.75) is 161 Å². The molecule has 9 heteroatoms. The van der Waals surface area contributed by atoms with Crippen molar-refractivity contribution in [1.82, 2.24) is 0 Å². The van der Waals surface area contributed by atoms with Gasteiger partial charge in [0.15, 0.2) is 6.10 Å². The molecule has 2 N–H and O–H groups in total. The number of phosphoric ester groups is 1. The van der Waals surface area contributed by atoms with E-state index in [0.29, 0.717) is 12.8 Å². The highest BCUT2D eigenvalue weighted by atomic mass is 31.2. The maximum absolute atomic E-state index is 12.4. The average molecular weight is 721 g/mol. The van der Waals surface area contributed by atoms with Crippen LogP contribution in [0.5, 0.6) is 0 Å². The van der Waals surface area contributed by atoms with Crippen molar-refractivity contribution in [3.63, 3.8) is 0 Å². The quantitative estimate of drug-likeness (QED) is 0.0292. The summed E-state index contributed by atoms with van der Waals surface area (Å²) in [4.78, 5) is 42.7. The van der Waals surface area contributed by atoms with Crippen molar-refractivity contribution in [3.8, 4) is 0 Å². The molecule has 0 fully saturated rings. The van der Waals surface area contributed by atoms with E-state index in [0.717, 1.165) is 64.2 Å². The van der Waals surface area contributed by atoms with Gasteiger partial charge in [-0.3, -0.25) is 14.1 Å². The topological polar surface area (TPSA) is 119 Å². The summed E-state index contributed by atoms with van der Waals surface area (Å²) in [6, 6.07) is 0. The molecular weight excluding hydrogens is 651 g/mol. The van der Waals surface area contributed by atoms with Gasteiger partial charge in [0.2, 0.25) is 0 Å². The fourth-order valence-corrected chi connectivity index (χ4v) is 5.23. The van der Waals surface area contributed by atoms with E-state index in [9.17, 15) is 14.2 Å². The summed E-state index contributed by atoms with van der Waals surface area (Å²) in [5.74, 6) is -0.978. The number of rotatable bonds is 34. The summed E-state index contributed by atoms with van der Waals surface area (Å²) < 4.78 is 26.2. The zero-order chi connectivity index (χ0) is 36.8. The summed E-state index contributed by atoms with van der Waals surface area (Å²) in [5, 5.41) is 0. The zero-order valence-electron chi connectivity index (χ0n) is 31.3. The summed E-state index contributed by atoms with van der Waals surface area (Å²) in [6.45, 7) is 3.49. The molecule has 0 rings (SSSR count). The number of ether oxygens (including phenoxy) is 2. The monoisotopic (exact) mass is 720 g/mol. The number of hydrogen-bond acceptors (Lipinski definition) is 6. The lowest BCUT2D eigenvalue weighted by molar-refractivity contribution is -0.161. The van der Waals surface area contributed by atoms with Crippen LogP contribution in [-0.2, 0) is 28.2 Å². The van der Waals surface area contributed by atoms with Gasteiger partial charge in [0.05, 0.1) is 6.61 Å².